The monoisotopic (exact) mass is 720 g/mol. The summed E-state index contributed by atoms with van der Waals surface area (Å²) in [5.41, 5.74) is 9.76. The number of anilines is 6. The van der Waals surface area contributed by atoms with Crippen LogP contribution in [0, 0.1) is 0 Å². The number of aryl methyl sites for hydroxylation is 1. The van der Waals surface area contributed by atoms with Crippen molar-refractivity contribution in [2.75, 3.05) is 9.80 Å². The number of aromatic nitrogens is 2. The summed E-state index contributed by atoms with van der Waals surface area (Å²) >= 11 is 3.61. The molecule has 0 radical (unpaired) electrons. The van der Waals surface area contributed by atoms with E-state index in [2.05, 4.69) is 219 Å². The largest absolute Gasteiger partial charge is 0.327 e. The molecule has 8 aromatic carbocycles. The van der Waals surface area contributed by atoms with Gasteiger partial charge in [-0.25, -0.2) is 4.98 Å². The topological polar surface area (TPSA) is 24.3 Å². The Morgan fingerprint density at radius 3 is 1.29 bits per heavy atom. The Morgan fingerprint density at radius 2 is 0.843 bits per heavy atom. The molecule has 0 N–H and O–H groups in total. The van der Waals surface area contributed by atoms with Crippen LogP contribution in [0.3, 0.4) is 0 Å². The molecule has 0 unspecified atom stereocenters. The number of fused-ring (bicyclic) bond motifs is 6. The second-order valence-corrected chi connectivity index (χ2v) is 13.6. The van der Waals surface area contributed by atoms with Crippen LogP contribution in [0.2, 0.25) is 0 Å². The first-order chi connectivity index (χ1) is 25.1. The van der Waals surface area contributed by atoms with Gasteiger partial charge in [-0.05, 0) is 95.7 Å². The van der Waals surface area contributed by atoms with Crippen molar-refractivity contribution < 1.29 is 0 Å². The molecule has 0 aliphatic heterocycles. The molecular formula is C46H33BrN4. The lowest BCUT2D eigenvalue weighted by Crippen LogP contribution is -2.10. The molecule has 4 nitrogen and oxygen atoms in total. The van der Waals surface area contributed by atoms with Gasteiger partial charge in [-0.15, -0.1) is 0 Å². The van der Waals surface area contributed by atoms with Crippen molar-refractivity contribution in [3.8, 4) is 11.4 Å². The number of nitrogens with zero attached hydrogens (tertiary/aromatic N) is 4. The third kappa shape index (κ3) is 5.52. The Hall–Kier alpha value is -6.17. The molecule has 0 bridgehead atoms. The van der Waals surface area contributed by atoms with E-state index in [0.29, 0.717) is 0 Å². The van der Waals surface area contributed by atoms with Crippen LogP contribution in [-0.2, 0) is 7.05 Å². The van der Waals surface area contributed by atoms with Crippen LogP contribution in [0.1, 0.15) is 0 Å². The molecule has 9 rings (SSSR count). The van der Waals surface area contributed by atoms with Crippen LogP contribution in [0.15, 0.2) is 186 Å². The molecule has 0 aliphatic rings. The predicted octanol–water partition coefficient (Wildman–Crippen LogP) is 13.2. The summed E-state index contributed by atoms with van der Waals surface area (Å²) in [7, 11) is 2.13. The standard InChI is InChI=1S/C46H33BrN4/c1-49-45-41-29-27-39(51(36-18-10-4-11-19-36)37-20-12-5-13-21-37)31-43(41)42-30-38(50(34-14-6-2-7-15-34)35-16-8-3-9-17-35)26-28-40(42)44(45)48-46(49)32-22-24-33(47)25-23-32/h2-31H,1H3. The van der Waals surface area contributed by atoms with Crippen molar-refractivity contribution >= 4 is 82.6 Å². The maximum atomic E-state index is 5.36. The molecule has 0 atom stereocenters. The number of imidazole rings is 1. The van der Waals surface area contributed by atoms with E-state index in [9.17, 15) is 0 Å². The second kappa shape index (κ2) is 12.9. The zero-order chi connectivity index (χ0) is 34.3. The van der Waals surface area contributed by atoms with Gasteiger partial charge in [0.05, 0.1) is 11.0 Å². The molecule has 5 heteroatoms. The lowest BCUT2D eigenvalue weighted by Gasteiger charge is -2.27. The summed E-state index contributed by atoms with van der Waals surface area (Å²) in [6.45, 7) is 0. The number of benzene rings is 8. The molecule has 1 heterocycles. The molecule has 0 aliphatic carbocycles. The molecule has 244 valence electrons. The zero-order valence-electron chi connectivity index (χ0n) is 28.0. The summed E-state index contributed by atoms with van der Waals surface area (Å²) in [5.74, 6) is 0.935. The van der Waals surface area contributed by atoms with Crippen LogP contribution in [0.5, 0.6) is 0 Å². The number of para-hydroxylation sites is 4. The van der Waals surface area contributed by atoms with Gasteiger partial charge in [-0.3, -0.25) is 0 Å². The third-order valence-corrected chi connectivity index (χ3v) is 10.1. The van der Waals surface area contributed by atoms with Crippen molar-refractivity contribution in [1.29, 1.82) is 0 Å². The average Bonchev–Trinajstić information content (AvgIpc) is 3.54. The Balaban J connectivity index is 1.35. The fourth-order valence-corrected chi connectivity index (χ4v) is 7.52. The normalized spacial score (nSPS) is 11.3. The van der Waals surface area contributed by atoms with Crippen molar-refractivity contribution in [1.82, 2.24) is 9.55 Å². The van der Waals surface area contributed by atoms with Gasteiger partial charge >= 0.3 is 0 Å². The summed E-state index contributed by atoms with van der Waals surface area (Å²) in [4.78, 5) is 10.0. The highest BCUT2D eigenvalue weighted by Gasteiger charge is 2.21. The van der Waals surface area contributed by atoms with Gasteiger partial charge in [0.25, 0.3) is 0 Å². The maximum Gasteiger partial charge on any atom is 0.140 e. The van der Waals surface area contributed by atoms with Crippen molar-refractivity contribution in [3.63, 3.8) is 0 Å². The molecule has 1 aromatic heterocycles. The van der Waals surface area contributed by atoms with E-state index in [-0.39, 0.29) is 0 Å². The molecule has 0 saturated heterocycles. The highest BCUT2D eigenvalue weighted by atomic mass is 79.9. The van der Waals surface area contributed by atoms with Crippen LogP contribution in [0.25, 0.3) is 44.0 Å². The molecule has 51 heavy (non-hydrogen) atoms. The van der Waals surface area contributed by atoms with Crippen molar-refractivity contribution in [2.45, 2.75) is 0 Å². The first kappa shape index (κ1) is 30.9. The predicted molar refractivity (Wildman–Crippen MR) is 218 cm³/mol. The number of halogens is 1. The Kier molecular flexibility index (Phi) is 7.83. The molecule has 0 amide bonds. The van der Waals surface area contributed by atoms with Crippen molar-refractivity contribution in [3.05, 3.63) is 186 Å². The van der Waals surface area contributed by atoms with E-state index in [1.165, 1.54) is 5.39 Å². The summed E-state index contributed by atoms with van der Waals surface area (Å²) in [6.07, 6.45) is 0. The van der Waals surface area contributed by atoms with E-state index in [1.807, 2.05) is 0 Å². The smallest absolute Gasteiger partial charge is 0.140 e. The zero-order valence-corrected chi connectivity index (χ0v) is 29.6. The molecule has 0 spiro atoms. The third-order valence-electron chi connectivity index (χ3n) is 9.58. The fraction of sp³-hybridized carbons (Fsp3) is 0.0217. The number of hydrogen-bond donors (Lipinski definition) is 0. The molecule has 0 fully saturated rings. The summed E-state index contributed by atoms with van der Waals surface area (Å²) < 4.78 is 3.30. The van der Waals surface area contributed by atoms with Gasteiger partial charge < -0.3 is 14.4 Å². The lowest BCUT2D eigenvalue weighted by molar-refractivity contribution is 0.962. The van der Waals surface area contributed by atoms with E-state index in [0.717, 1.165) is 77.2 Å². The minimum atomic E-state index is 0.935. The first-order valence-corrected chi connectivity index (χ1v) is 17.9. The molecule has 0 saturated carbocycles. The highest BCUT2D eigenvalue weighted by molar-refractivity contribution is 9.10. The minimum absolute atomic E-state index is 0.935. The lowest BCUT2D eigenvalue weighted by atomic mass is 9.97. The SMILES string of the molecule is Cn1c(-c2ccc(Br)cc2)nc2c3ccc(N(c4ccccc4)c4ccccc4)cc3c3cc(N(c4ccccc4)c4ccccc4)ccc3c21. The number of hydrogen-bond acceptors (Lipinski definition) is 3. The van der Waals surface area contributed by atoms with Crippen LogP contribution in [-0.4, -0.2) is 9.55 Å². The fourth-order valence-electron chi connectivity index (χ4n) is 7.26. The van der Waals surface area contributed by atoms with Crippen LogP contribution in [0.4, 0.5) is 34.1 Å². The second-order valence-electron chi connectivity index (χ2n) is 12.7. The van der Waals surface area contributed by atoms with Gasteiger partial charge in [0.15, 0.2) is 0 Å². The van der Waals surface area contributed by atoms with Gasteiger partial charge in [-0.2, -0.15) is 0 Å². The molecule has 9 aromatic rings. The van der Waals surface area contributed by atoms with Crippen LogP contribution < -0.4 is 9.80 Å². The van der Waals surface area contributed by atoms with E-state index >= 15 is 0 Å². The first-order valence-electron chi connectivity index (χ1n) is 17.1. The van der Waals surface area contributed by atoms with Gasteiger partial charge in [0.2, 0.25) is 0 Å². The van der Waals surface area contributed by atoms with Crippen molar-refractivity contribution in [2.24, 2.45) is 7.05 Å². The van der Waals surface area contributed by atoms with Crippen LogP contribution >= 0.6 is 15.9 Å². The summed E-state index contributed by atoms with van der Waals surface area (Å²) in [5, 5.41) is 4.59. The van der Waals surface area contributed by atoms with E-state index < -0.39 is 0 Å². The Labute approximate surface area is 305 Å². The van der Waals surface area contributed by atoms with Gasteiger partial charge in [0.1, 0.15) is 5.82 Å². The Morgan fingerprint density at radius 1 is 0.431 bits per heavy atom. The van der Waals surface area contributed by atoms with Gasteiger partial charge in [0, 0.05) is 62.0 Å². The maximum absolute atomic E-state index is 5.36. The molecular weight excluding hydrogens is 688 g/mol. The van der Waals surface area contributed by atoms with E-state index in [1.54, 1.807) is 0 Å². The van der Waals surface area contributed by atoms with E-state index in [4.69, 9.17) is 4.98 Å². The minimum Gasteiger partial charge on any atom is -0.327 e. The summed E-state index contributed by atoms with van der Waals surface area (Å²) in [6, 6.07) is 64.4. The quantitative estimate of drug-likeness (QED) is 0.153. The number of rotatable bonds is 7. The highest BCUT2D eigenvalue weighted by Crippen LogP contribution is 2.44. The Bertz CT molecular complexity index is 2560. The average molecular weight is 722 g/mol. The van der Waals surface area contributed by atoms with Gasteiger partial charge in [-0.1, -0.05) is 113 Å².